The van der Waals surface area contributed by atoms with Gasteiger partial charge in [0.25, 0.3) is 5.69 Å². The van der Waals surface area contributed by atoms with E-state index in [0.29, 0.717) is 11.1 Å². The highest BCUT2D eigenvalue weighted by molar-refractivity contribution is 7.92. The zero-order valence-electron chi connectivity index (χ0n) is 9.33. The number of sulfone groups is 1. The fourth-order valence-corrected chi connectivity index (χ4v) is 3.84. The van der Waals surface area contributed by atoms with Gasteiger partial charge in [-0.15, -0.1) is 0 Å². The normalized spacial score (nSPS) is 14.8. The van der Waals surface area contributed by atoms with Gasteiger partial charge in [0.15, 0.2) is 0 Å². The van der Waals surface area contributed by atoms with E-state index in [1.165, 1.54) is 18.2 Å². The first-order valence-corrected chi connectivity index (χ1v) is 6.73. The molecule has 0 atom stereocenters. The van der Waals surface area contributed by atoms with E-state index in [1.54, 1.807) is 0 Å². The largest absolute Gasteiger partial charge is 0.270 e. The van der Waals surface area contributed by atoms with Crippen molar-refractivity contribution in [3.05, 3.63) is 52.3 Å². The minimum absolute atomic E-state index is 0.150. The van der Waals surface area contributed by atoms with Crippen molar-refractivity contribution < 1.29 is 17.7 Å². The monoisotopic (exact) mass is 279 g/mol. The Morgan fingerprint density at radius 2 is 1.58 bits per heavy atom. The molecule has 1 aliphatic rings. The second-order valence-corrected chi connectivity index (χ2v) is 5.97. The maximum Gasteiger partial charge on any atom is 0.270 e. The third-order valence-electron chi connectivity index (χ3n) is 2.99. The molecule has 3 rings (SSSR count). The lowest BCUT2D eigenvalue weighted by Gasteiger charge is -1.98. The third-order valence-corrected chi connectivity index (χ3v) is 4.82. The standard InChI is InChI=1S/C12H6FNO4S/c13-7-1-3-9-10-4-2-8(14(15)16)6-12(10)19(17,18)11(9)5-7/h1-6H. The predicted octanol–water partition coefficient (Wildman–Crippen LogP) is 2.55. The SMILES string of the molecule is O=[N+]([O-])c1ccc2c(c1)S(=O)(=O)c1cc(F)ccc1-2. The summed E-state index contributed by atoms with van der Waals surface area (Å²) in [6.45, 7) is 0. The van der Waals surface area contributed by atoms with Crippen LogP contribution in [0.4, 0.5) is 10.1 Å². The minimum atomic E-state index is -3.89. The topological polar surface area (TPSA) is 77.3 Å². The second kappa shape index (κ2) is 3.61. The molecule has 0 spiro atoms. The van der Waals surface area contributed by atoms with E-state index in [1.807, 2.05) is 0 Å². The average molecular weight is 279 g/mol. The van der Waals surface area contributed by atoms with Gasteiger partial charge >= 0.3 is 0 Å². The Kier molecular flexibility index (Phi) is 2.24. The zero-order chi connectivity index (χ0) is 13.8. The average Bonchev–Trinajstić information content (AvgIpc) is 2.58. The maximum atomic E-state index is 13.2. The van der Waals surface area contributed by atoms with E-state index in [9.17, 15) is 22.9 Å². The maximum absolute atomic E-state index is 13.2. The molecule has 1 aliphatic heterocycles. The summed E-state index contributed by atoms with van der Waals surface area (Å²) in [5, 5.41) is 10.7. The van der Waals surface area contributed by atoms with Gasteiger partial charge in [0.05, 0.1) is 14.7 Å². The Balaban J connectivity index is 2.37. The Bertz CT molecular complexity index is 830. The van der Waals surface area contributed by atoms with E-state index >= 15 is 0 Å². The summed E-state index contributed by atoms with van der Waals surface area (Å²) in [6.07, 6.45) is 0. The van der Waals surface area contributed by atoms with Crippen molar-refractivity contribution in [3.8, 4) is 11.1 Å². The Labute approximate surface area is 107 Å². The number of hydrogen-bond donors (Lipinski definition) is 0. The molecule has 0 fully saturated rings. The van der Waals surface area contributed by atoms with Crippen molar-refractivity contribution in [3.63, 3.8) is 0 Å². The first-order chi connectivity index (χ1) is 8.91. The van der Waals surface area contributed by atoms with Crippen LogP contribution < -0.4 is 0 Å². The van der Waals surface area contributed by atoms with Crippen LogP contribution >= 0.6 is 0 Å². The van der Waals surface area contributed by atoms with Crippen LogP contribution in [0.2, 0.25) is 0 Å². The van der Waals surface area contributed by atoms with E-state index in [2.05, 4.69) is 0 Å². The summed E-state index contributed by atoms with van der Waals surface area (Å²) in [6, 6.07) is 7.05. The summed E-state index contributed by atoms with van der Waals surface area (Å²) in [5.74, 6) is -0.662. The van der Waals surface area contributed by atoms with Crippen molar-refractivity contribution in [2.24, 2.45) is 0 Å². The number of nitro groups is 1. The molecule has 0 bridgehead atoms. The van der Waals surface area contributed by atoms with Crippen molar-refractivity contribution in [1.82, 2.24) is 0 Å². The molecule has 19 heavy (non-hydrogen) atoms. The molecule has 2 aromatic carbocycles. The molecular formula is C12H6FNO4S. The first-order valence-electron chi connectivity index (χ1n) is 5.25. The third kappa shape index (κ3) is 1.55. The Hall–Kier alpha value is -2.28. The lowest BCUT2D eigenvalue weighted by molar-refractivity contribution is -0.385. The molecular weight excluding hydrogens is 273 g/mol. The molecule has 0 saturated heterocycles. The number of fused-ring (bicyclic) bond motifs is 3. The smallest absolute Gasteiger partial charge is 0.258 e. The van der Waals surface area contributed by atoms with Gasteiger partial charge in [-0.05, 0) is 18.2 Å². The molecule has 1 heterocycles. The van der Waals surface area contributed by atoms with Gasteiger partial charge in [0, 0.05) is 23.3 Å². The van der Waals surface area contributed by atoms with Gasteiger partial charge < -0.3 is 0 Å². The van der Waals surface area contributed by atoms with Gasteiger partial charge in [0.2, 0.25) is 9.84 Å². The summed E-state index contributed by atoms with van der Waals surface area (Å²) < 4.78 is 37.6. The quantitative estimate of drug-likeness (QED) is 0.506. The van der Waals surface area contributed by atoms with E-state index in [-0.39, 0.29) is 15.5 Å². The summed E-state index contributed by atoms with van der Waals surface area (Å²) in [7, 11) is -3.89. The van der Waals surface area contributed by atoms with Crippen molar-refractivity contribution in [2.45, 2.75) is 9.79 Å². The minimum Gasteiger partial charge on any atom is -0.258 e. The van der Waals surface area contributed by atoms with E-state index in [4.69, 9.17) is 0 Å². The lowest BCUT2D eigenvalue weighted by Crippen LogP contribution is -1.98. The van der Waals surface area contributed by atoms with Crippen LogP contribution in [0.1, 0.15) is 0 Å². The Morgan fingerprint density at radius 1 is 1.00 bits per heavy atom. The van der Waals surface area contributed by atoms with Gasteiger partial charge in [0.1, 0.15) is 5.82 Å². The number of hydrogen-bond acceptors (Lipinski definition) is 4. The molecule has 7 heteroatoms. The van der Waals surface area contributed by atoms with Crippen LogP contribution in [0.3, 0.4) is 0 Å². The molecule has 0 N–H and O–H groups in total. The molecule has 5 nitrogen and oxygen atoms in total. The number of rotatable bonds is 1. The number of nitrogens with zero attached hydrogens (tertiary/aromatic N) is 1. The van der Waals surface area contributed by atoms with Crippen LogP contribution in [-0.2, 0) is 9.84 Å². The molecule has 0 radical (unpaired) electrons. The van der Waals surface area contributed by atoms with E-state index in [0.717, 1.165) is 18.2 Å². The highest BCUT2D eigenvalue weighted by Gasteiger charge is 2.34. The number of nitro benzene ring substituents is 1. The summed E-state index contributed by atoms with van der Waals surface area (Å²) >= 11 is 0. The van der Waals surface area contributed by atoms with Crippen molar-refractivity contribution in [2.75, 3.05) is 0 Å². The van der Waals surface area contributed by atoms with E-state index < -0.39 is 20.6 Å². The fraction of sp³-hybridized carbons (Fsp3) is 0. The zero-order valence-corrected chi connectivity index (χ0v) is 10.1. The van der Waals surface area contributed by atoms with Crippen LogP contribution in [-0.4, -0.2) is 13.3 Å². The molecule has 96 valence electrons. The van der Waals surface area contributed by atoms with Crippen LogP contribution in [0.25, 0.3) is 11.1 Å². The molecule has 0 aliphatic carbocycles. The second-order valence-electron chi connectivity index (χ2n) is 4.08. The fourth-order valence-electron chi connectivity index (χ4n) is 2.13. The van der Waals surface area contributed by atoms with Crippen molar-refractivity contribution in [1.29, 1.82) is 0 Å². The van der Waals surface area contributed by atoms with Gasteiger partial charge in [-0.25, -0.2) is 12.8 Å². The first kappa shape index (κ1) is 11.8. The molecule has 2 aromatic rings. The molecule has 0 unspecified atom stereocenters. The molecule has 0 amide bonds. The van der Waals surface area contributed by atoms with Gasteiger partial charge in [-0.1, -0.05) is 6.07 Å². The number of benzene rings is 2. The molecule has 0 saturated carbocycles. The predicted molar refractivity (Wildman–Crippen MR) is 63.9 cm³/mol. The van der Waals surface area contributed by atoms with Gasteiger partial charge in [-0.3, -0.25) is 10.1 Å². The summed E-state index contributed by atoms with van der Waals surface area (Å²) in [4.78, 5) is 9.72. The summed E-state index contributed by atoms with van der Waals surface area (Å²) in [5.41, 5.74) is 0.419. The highest BCUT2D eigenvalue weighted by atomic mass is 32.2. The number of non-ortho nitro benzene ring substituents is 1. The Morgan fingerprint density at radius 3 is 2.21 bits per heavy atom. The van der Waals surface area contributed by atoms with Crippen LogP contribution in [0.15, 0.2) is 46.2 Å². The highest BCUT2D eigenvalue weighted by Crippen LogP contribution is 2.44. The number of halogens is 1. The molecule has 0 aromatic heterocycles. The van der Waals surface area contributed by atoms with Crippen LogP contribution in [0.5, 0.6) is 0 Å². The van der Waals surface area contributed by atoms with Crippen molar-refractivity contribution >= 4 is 15.5 Å². The lowest BCUT2D eigenvalue weighted by atomic mass is 10.1. The van der Waals surface area contributed by atoms with Crippen LogP contribution in [0, 0.1) is 15.9 Å². The van der Waals surface area contributed by atoms with Gasteiger partial charge in [-0.2, -0.15) is 0 Å².